The monoisotopic (exact) mass is 313 g/mol. The quantitative estimate of drug-likeness (QED) is 0.944. The van der Waals surface area contributed by atoms with Gasteiger partial charge in [-0.25, -0.2) is 9.78 Å². The summed E-state index contributed by atoms with van der Waals surface area (Å²) < 4.78 is 7.59. The molecule has 1 aromatic heterocycles. The summed E-state index contributed by atoms with van der Waals surface area (Å²) in [5, 5.41) is 2.82. The second-order valence-corrected chi connectivity index (χ2v) is 7.03. The van der Waals surface area contributed by atoms with E-state index in [0.29, 0.717) is 6.61 Å². The van der Waals surface area contributed by atoms with Gasteiger partial charge < -0.3 is 14.6 Å². The number of aromatic nitrogens is 2. The third-order valence-electron chi connectivity index (χ3n) is 3.98. The number of imidazole rings is 1. The van der Waals surface area contributed by atoms with Crippen molar-refractivity contribution in [1.29, 1.82) is 0 Å². The van der Waals surface area contributed by atoms with Gasteiger partial charge in [-0.2, -0.15) is 0 Å². The molecule has 122 valence electrons. The lowest BCUT2D eigenvalue weighted by molar-refractivity contribution is 0.129. The van der Waals surface area contributed by atoms with Gasteiger partial charge in [-0.3, -0.25) is 0 Å². The summed E-state index contributed by atoms with van der Waals surface area (Å²) in [6.45, 7) is 6.15. The Morgan fingerprint density at radius 1 is 1.35 bits per heavy atom. The molecule has 1 amide bonds. The molecule has 3 rings (SSSR count). The zero-order chi connectivity index (χ0) is 16.4. The van der Waals surface area contributed by atoms with E-state index in [9.17, 15) is 4.79 Å². The van der Waals surface area contributed by atoms with Crippen molar-refractivity contribution in [3.05, 3.63) is 54.1 Å². The van der Waals surface area contributed by atoms with Crippen molar-refractivity contribution in [3.8, 4) is 0 Å². The van der Waals surface area contributed by atoms with E-state index in [0.717, 1.165) is 12.2 Å². The molecule has 0 saturated heterocycles. The number of hydrogen-bond donors (Lipinski definition) is 1. The van der Waals surface area contributed by atoms with Crippen molar-refractivity contribution in [2.75, 3.05) is 6.61 Å². The average Bonchev–Trinajstić information content (AvgIpc) is 3.06. The van der Waals surface area contributed by atoms with E-state index in [1.54, 1.807) is 0 Å². The highest BCUT2D eigenvalue weighted by atomic mass is 16.5. The molecule has 0 fully saturated rings. The van der Waals surface area contributed by atoms with E-state index >= 15 is 0 Å². The number of amides is 1. The molecule has 2 heterocycles. The summed E-state index contributed by atoms with van der Waals surface area (Å²) in [5.74, 6) is 1.11. The second kappa shape index (κ2) is 6.07. The van der Waals surface area contributed by atoms with Crippen LogP contribution in [0.5, 0.6) is 0 Å². The van der Waals surface area contributed by atoms with E-state index in [4.69, 9.17) is 4.74 Å². The lowest BCUT2D eigenvalue weighted by atomic mass is 9.99. The van der Waals surface area contributed by atoms with Crippen LogP contribution in [0.1, 0.15) is 50.5 Å². The summed E-state index contributed by atoms with van der Waals surface area (Å²) in [4.78, 5) is 16.3. The number of alkyl carbamates (subject to hydrolysis) is 1. The molecule has 0 spiro atoms. The van der Waals surface area contributed by atoms with Crippen LogP contribution in [0, 0.1) is 0 Å². The topological polar surface area (TPSA) is 56.1 Å². The third-order valence-corrected chi connectivity index (χ3v) is 3.98. The first-order valence-corrected chi connectivity index (χ1v) is 7.96. The maximum Gasteiger partial charge on any atom is 0.407 e. The number of carbonyl (C=O) groups is 1. The number of hydrogen-bond acceptors (Lipinski definition) is 3. The fourth-order valence-corrected chi connectivity index (χ4v) is 3.03. The Hall–Kier alpha value is -2.30. The van der Waals surface area contributed by atoms with Gasteiger partial charge in [0.1, 0.15) is 12.4 Å². The van der Waals surface area contributed by atoms with Crippen molar-refractivity contribution >= 4 is 6.09 Å². The van der Waals surface area contributed by atoms with Gasteiger partial charge in [-0.1, -0.05) is 30.3 Å². The van der Waals surface area contributed by atoms with Crippen LogP contribution in [0.15, 0.2) is 42.7 Å². The van der Waals surface area contributed by atoms with Crippen LogP contribution in [0.25, 0.3) is 0 Å². The van der Waals surface area contributed by atoms with Crippen LogP contribution in [0.2, 0.25) is 0 Å². The van der Waals surface area contributed by atoms with Gasteiger partial charge in [0.05, 0.1) is 12.0 Å². The van der Waals surface area contributed by atoms with Crippen LogP contribution in [-0.2, 0) is 4.74 Å². The minimum atomic E-state index is -0.376. The lowest BCUT2D eigenvalue weighted by Crippen LogP contribution is -2.41. The van der Waals surface area contributed by atoms with Gasteiger partial charge in [-0.05, 0) is 32.8 Å². The van der Waals surface area contributed by atoms with Crippen molar-refractivity contribution < 1.29 is 9.53 Å². The van der Waals surface area contributed by atoms with Crippen LogP contribution in [-0.4, -0.2) is 27.8 Å². The van der Waals surface area contributed by atoms with Gasteiger partial charge >= 0.3 is 6.09 Å². The highest BCUT2D eigenvalue weighted by molar-refractivity contribution is 5.68. The highest BCUT2D eigenvalue weighted by Crippen LogP contribution is 2.38. The molecular formula is C18H23N3O2. The molecule has 5 heteroatoms. The standard InChI is InChI=1S/C18H23N3O2/c1-18(2,3)20-17(22)23-12-14-11-15(13-7-5-4-6-8-13)21-10-9-19-16(14)21/h4-10,14-15H,11-12H2,1-3H3,(H,20,22)/t14-,15-/m1/s1. The molecule has 0 aliphatic carbocycles. The Kier molecular flexibility index (Phi) is 4.11. The number of nitrogens with one attached hydrogen (secondary N) is 1. The SMILES string of the molecule is CC(C)(C)NC(=O)OC[C@H]1C[C@H](c2ccccc2)n2ccnc21. The van der Waals surface area contributed by atoms with Gasteiger partial charge in [-0.15, -0.1) is 0 Å². The summed E-state index contributed by atoms with van der Waals surface area (Å²) in [5.41, 5.74) is 0.964. The maximum absolute atomic E-state index is 11.9. The normalized spacial score (nSPS) is 20.1. The largest absolute Gasteiger partial charge is 0.449 e. The Labute approximate surface area is 136 Å². The minimum Gasteiger partial charge on any atom is -0.449 e. The predicted octanol–water partition coefficient (Wildman–Crippen LogP) is 3.48. The fourth-order valence-electron chi connectivity index (χ4n) is 3.03. The van der Waals surface area contributed by atoms with Crippen LogP contribution >= 0.6 is 0 Å². The molecule has 1 N–H and O–H groups in total. The molecule has 1 aliphatic rings. The molecule has 1 aromatic carbocycles. The van der Waals surface area contributed by atoms with E-state index in [1.807, 2.05) is 51.4 Å². The molecule has 0 unspecified atom stereocenters. The zero-order valence-electron chi connectivity index (χ0n) is 13.8. The van der Waals surface area contributed by atoms with E-state index in [2.05, 4.69) is 27.0 Å². The molecule has 0 saturated carbocycles. The average molecular weight is 313 g/mol. The Morgan fingerprint density at radius 3 is 2.78 bits per heavy atom. The molecule has 0 bridgehead atoms. The molecule has 1 aliphatic heterocycles. The van der Waals surface area contributed by atoms with E-state index in [-0.39, 0.29) is 23.6 Å². The number of ether oxygens (including phenoxy) is 1. The van der Waals surface area contributed by atoms with Gasteiger partial charge in [0.15, 0.2) is 0 Å². The smallest absolute Gasteiger partial charge is 0.407 e. The number of benzene rings is 1. The summed E-state index contributed by atoms with van der Waals surface area (Å²) >= 11 is 0. The summed E-state index contributed by atoms with van der Waals surface area (Å²) in [6, 6.07) is 10.6. The molecule has 23 heavy (non-hydrogen) atoms. The number of rotatable bonds is 3. The second-order valence-electron chi connectivity index (χ2n) is 7.03. The first kappa shape index (κ1) is 15.6. The van der Waals surface area contributed by atoms with Gasteiger partial charge in [0.2, 0.25) is 0 Å². The zero-order valence-corrected chi connectivity index (χ0v) is 13.8. The first-order valence-electron chi connectivity index (χ1n) is 7.96. The van der Waals surface area contributed by atoms with Crippen LogP contribution in [0.3, 0.4) is 0 Å². The molecular weight excluding hydrogens is 290 g/mol. The summed E-state index contributed by atoms with van der Waals surface area (Å²) in [7, 11) is 0. The summed E-state index contributed by atoms with van der Waals surface area (Å²) in [6.07, 6.45) is 4.34. The Morgan fingerprint density at radius 2 is 2.09 bits per heavy atom. The van der Waals surface area contributed by atoms with Gasteiger partial charge in [0, 0.05) is 17.9 Å². The fraction of sp³-hybridized carbons (Fsp3) is 0.444. The highest BCUT2D eigenvalue weighted by Gasteiger charge is 2.33. The van der Waals surface area contributed by atoms with Crippen molar-refractivity contribution in [2.24, 2.45) is 0 Å². The first-order chi connectivity index (χ1) is 10.9. The van der Waals surface area contributed by atoms with E-state index in [1.165, 1.54) is 5.56 Å². The molecule has 2 aromatic rings. The predicted molar refractivity (Wildman–Crippen MR) is 88.4 cm³/mol. The third kappa shape index (κ3) is 3.55. The van der Waals surface area contributed by atoms with Crippen molar-refractivity contribution in [1.82, 2.24) is 14.9 Å². The van der Waals surface area contributed by atoms with Crippen molar-refractivity contribution in [2.45, 2.75) is 44.7 Å². The minimum absolute atomic E-state index is 0.126. The number of fused-ring (bicyclic) bond motifs is 1. The van der Waals surface area contributed by atoms with Gasteiger partial charge in [0.25, 0.3) is 0 Å². The number of nitrogens with zero attached hydrogens (tertiary/aromatic N) is 2. The maximum atomic E-state index is 11.9. The lowest BCUT2D eigenvalue weighted by Gasteiger charge is -2.20. The Balaban J connectivity index is 1.68. The molecule has 5 nitrogen and oxygen atoms in total. The van der Waals surface area contributed by atoms with E-state index < -0.39 is 0 Å². The number of carbonyl (C=O) groups excluding carboxylic acids is 1. The Bertz CT molecular complexity index is 673. The van der Waals surface area contributed by atoms with Crippen LogP contribution in [0.4, 0.5) is 4.79 Å². The van der Waals surface area contributed by atoms with Crippen molar-refractivity contribution in [3.63, 3.8) is 0 Å². The van der Waals surface area contributed by atoms with Crippen LogP contribution < -0.4 is 5.32 Å². The molecule has 0 radical (unpaired) electrons. The molecule has 2 atom stereocenters.